The Hall–Kier alpha value is -2.31. The van der Waals surface area contributed by atoms with Gasteiger partial charge in [-0.15, -0.1) is 0 Å². The number of methoxy groups -OCH3 is 1. The van der Waals surface area contributed by atoms with Crippen LogP contribution in [-0.4, -0.2) is 49.3 Å². The highest BCUT2D eigenvalue weighted by atomic mass is 19.1. The number of benzene rings is 1. The zero-order chi connectivity index (χ0) is 22.8. The van der Waals surface area contributed by atoms with Gasteiger partial charge in [0, 0.05) is 19.6 Å². The van der Waals surface area contributed by atoms with Crippen LogP contribution in [0.1, 0.15) is 75.2 Å². The molecule has 2 aliphatic heterocycles. The molecule has 1 unspecified atom stereocenters. The van der Waals surface area contributed by atoms with Gasteiger partial charge in [-0.05, 0) is 81.9 Å². The predicted octanol–water partition coefficient (Wildman–Crippen LogP) is 5.18. The summed E-state index contributed by atoms with van der Waals surface area (Å²) in [5.41, 5.74) is 1.12. The number of esters is 1. The summed E-state index contributed by atoms with van der Waals surface area (Å²) in [6.07, 6.45) is 3.38. The fourth-order valence-electron chi connectivity index (χ4n) is 4.84. The Morgan fingerprint density at radius 1 is 1.19 bits per heavy atom. The average molecular weight is 435 g/mol. The highest BCUT2D eigenvalue weighted by Crippen LogP contribution is 2.43. The van der Waals surface area contributed by atoms with E-state index in [2.05, 4.69) is 12.2 Å². The van der Waals surface area contributed by atoms with E-state index < -0.39 is 17.4 Å². The van der Waals surface area contributed by atoms with E-state index in [1.165, 1.54) is 13.2 Å². The number of hydrogen-bond donors (Lipinski definition) is 1. The Balaban J connectivity index is 1.76. The summed E-state index contributed by atoms with van der Waals surface area (Å²) in [4.78, 5) is 26.2. The van der Waals surface area contributed by atoms with Gasteiger partial charge in [-0.3, -0.25) is 0 Å². The lowest BCUT2D eigenvalue weighted by atomic mass is 9.73. The topological polar surface area (TPSA) is 67.9 Å². The first-order chi connectivity index (χ1) is 14.6. The number of nitrogens with one attached hydrogen (secondary N) is 1. The van der Waals surface area contributed by atoms with Crippen LogP contribution in [0, 0.1) is 17.7 Å². The summed E-state index contributed by atoms with van der Waals surface area (Å²) >= 11 is 0. The van der Waals surface area contributed by atoms with Gasteiger partial charge in [0.05, 0.1) is 18.4 Å². The van der Waals surface area contributed by atoms with E-state index in [0.29, 0.717) is 37.2 Å². The van der Waals surface area contributed by atoms with Crippen molar-refractivity contribution in [2.45, 2.75) is 64.9 Å². The summed E-state index contributed by atoms with van der Waals surface area (Å²) in [6.45, 7) is 9.88. The molecule has 1 saturated heterocycles. The van der Waals surface area contributed by atoms with Gasteiger partial charge in [-0.2, -0.15) is 0 Å². The number of carbonyl (C=O) groups excluding carboxylic acids is 2. The first kappa shape index (κ1) is 23.4. The van der Waals surface area contributed by atoms with E-state index >= 15 is 0 Å². The molecule has 1 N–H and O–H groups in total. The molecule has 0 spiro atoms. The molecule has 6 nitrogen and oxygen atoms in total. The number of carbonyl (C=O) groups is 2. The van der Waals surface area contributed by atoms with Crippen LogP contribution in [0.4, 0.5) is 14.9 Å². The number of piperidine rings is 1. The maximum absolute atomic E-state index is 14.8. The highest BCUT2D eigenvalue weighted by molar-refractivity contribution is 5.90. The molecule has 7 heteroatoms. The number of hydrogen-bond acceptors (Lipinski definition) is 5. The molecule has 1 amide bonds. The van der Waals surface area contributed by atoms with Gasteiger partial charge in [0.25, 0.3) is 0 Å². The van der Waals surface area contributed by atoms with E-state index in [-0.39, 0.29) is 17.6 Å². The van der Waals surface area contributed by atoms with E-state index in [4.69, 9.17) is 9.47 Å². The third-order valence-corrected chi connectivity index (χ3v) is 6.50. The van der Waals surface area contributed by atoms with Crippen molar-refractivity contribution in [3.05, 3.63) is 29.1 Å². The Bertz CT molecular complexity index is 813. The van der Waals surface area contributed by atoms with Crippen LogP contribution >= 0.6 is 0 Å². The van der Waals surface area contributed by atoms with Gasteiger partial charge in [-0.25, -0.2) is 14.0 Å². The minimum absolute atomic E-state index is 0.141. The third-order valence-electron chi connectivity index (χ3n) is 6.50. The molecule has 2 atom stereocenters. The van der Waals surface area contributed by atoms with Crippen LogP contribution in [0.5, 0.6) is 0 Å². The fraction of sp³-hybridized carbons (Fsp3) is 0.667. The maximum Gasteiger partial charge on any atom is 0.410 e. The molecule has 2 aliphatic rings. The molecule has 1 aromatic rings. The van der Waals surface area contributed by atoms with Crippen molar-refractivity contribution in [2.75, 3.05) is 32.1 Å². The molecular formula is C24H35FN2O4. The van der Waals surface area contributed by atoms with E-state index in [1.54, 1.807) is 11.0 Å². The highest BCUT2D eigenvalue weighted by Gasteiger charge is 2.35. The van der Waals surface area contributed by atoms with Gasteiger partial charge in [0.1, 0.15) is 11.4 Å². The lowest BCUT2D eigenvalue weighted by molar-refractivity contribution is 0.0155. The van der Waals surface area contributed by atoms with Crippen LogP contribution in [-0.2, 0) is 9.47 Å². The maximum atomic E-state index is 14.8. The second-order valence-corrected chi connectivity index (χ2v) is 9.75. The molecule has 1 fully saturated rings. The van der Waals surface area contributed by atoms with Crippen molar-refractivity contribution in [2.24, 2.45) is 11.8 Å². The molecule has 0 aliphatic carbocycles. The molecule has 0 saturated carbocycles. The molecule has 31 heavy (non-hydrogen) atoms. The Labute approximate surface area is 184 Å². The molecule has 3 rings (SSSR count). The summed E-state index contributed by atoms with van der Waals surface area (Å²) in [6, 6.07) is 3.05. The Kier molecular flexibility index (Phi) is 7.12. The standard InChI is InChI=1S/C24H35FN2O4/c1-15(16-8-11-27(12-9-16)23(29)31-24(2,3)4)18-7-6-10-26-21-19(18)13-17(14-20(21)25)22(28)30-5/h13-16,18,26H,6-12H2,1-5H3/t15-,18?/m0/s1. The molecular weight excluding hydrogens is 399 g/mol. The number of rotatable bonds is 3. The Morgan fingerprint density at radius 2 is 1.87 bits per heavy atom. The van der Waals surface area contributed by atoms with Crippen molar-refractivity contribution in [3.8, 4) is 0 Å². The summed E-state index contributed by atoms with van der Waals surface area (Å²) in [7, 11) is 1.31. The number of nitrogens with zero attached hydrogens (tertiary/aromatic N) is 1. The number of anilines is 1. The first-order valence-corrected chi connectivity index (χ1v) is 11.2. The van der Waals surface area contributed by atoms with E-state index in [9.17, 15) is 14.0 Å². The van der Waals surface area contributed by atoms with Crippen LogP contribution in [0.15, 0.2) is 12.1 Å². The lowest BCUT2D eigenvalue weighted by Crippen LogP contribution is -2.43. The van der Waals surface area contributed by atoms with Crippen molar-refractivity contribution in [1.29, 1.82) is 0 Å². The van der Waals surface area contributed by atoms with Gasteiger partial charge in [-0.1, -0.05) is 6.92 Å². The molecule has 1 aromatic carbocycles. The van der Waals surface area contributed by atoms with Gasteiger partial charge < -0.3 is 19.7 Å². The van der Waals surface area contributed by atoms with Crippen molar-refractivity contribution < 1.29 is 23.5 Å². The van der Waals surface area contributed by atoms with Gasteiger partial charge >= 0.3 is 12.1 Å². The molecule has 2 heterocycles. The summed E-state index contributed by atoms with van der Waals surface area (Å²) < 4.78 is 25.2. The number of likely N-dealkylation sites (tertiary alicyclic amines) is 1. The van der Waals surface area contributed by atoms with Crippen LogP contribution in [0.2, 0.25) is 0 Å². The number of ether oxygens (including phenoxy) is 2. The Morgan fingerprint density at radius 3 is 2.48 bits per heavy atom. The van der Waals surface area contributed by atoms with Crippen LogP contribution in [0.25, 0.3) is 0 Å². The van der Waals surface area contributed by atoms with Crippen molar-refractivity contribution in [3.63, 3.8) is 0 Å². The smallest absolute Gasteiger partial charge is 0.410 e. The monoisotopic (exact) mass is 434 g/mol. The zero-order valence-corrected chi connectivity index (χ0v) is 19.3. The molecule has 0 aromatic heterocycles. The number of fused-ring (bicyclic) bond motifs is 1. The SMILES string of the molecule is COC(=O)c1cc(F)c2c(c1)C([C@@H](C)C1CCN(C(=O)OC(C)(C)C)CC1)CCCN2. The van der Waals surface area contributed by atoms with Crippen molar-refractivity contribution in [1.82, 2.24) is 4.90 Å². The normalized spacial score (nSPS) is 20.8. The average Bonchev–Trinajstić information content (AvgIpc) is 2.94. The van der Waals surface area contributed by atoms with Crippen molar-refractivity contribution >= 4 is 17.7 Å². The van der Waals surface area contributed by atoms with Crippen LogP contribution in [0.3, 0.4) is 0 Å². The fourth-order valence-corrected chi connectivity index (χ4v) is 4.84. The predicted molar refractivity (Wildman–Crippen MR) is 118 cm³/mol. The largest absolute Gasteiger partial charge is 0.465 e. The summed E-state index contributed by atoms with van der Waals surface area (Å²) in [5, 5.41) is 3.21. The quantitative estimate of drug-likeness (QED) is 0.664. The third kappa shape index (κ3) is 5.49. The minimum Gasteiger partial charge on any atom is -0.465 e. The second kappa shape index (κ2) is 9.45. The van der Waals surface area contributed by atoms with E-state index in [1.807, 2.05) is 20.8 Å². The molecule has 0 radical (unpaired) electrons. The molecule has 172 valence electrons. The van der Waals surface area contributed by atoms with Gasteiger partial charge in [0.15, 0.2) is 0 Å². The first-order valence-electron chi connectivity index (χ1n) is 11.2. The van der Waals surface area contributed by atoms with Gasteiger partial charge in [0.2, 0.25) is 0 Å². The zero-order valence-electron chi connectivity index (χ0n) is 19.3. The van der Waals surface area contributed by atoms with Crippen LogP contribution < -0.4 is 5.32 Å². The number of amides is 1. The van der Waals surface area contributed by atoms with E-state index in [0.717, 1.165) is 31.2 Å². The lowest BCUT2D eigenvalue weighted by Gasteiger charge is -2.38. The summed E-state index contributed by atoms with van der Waals surface area (Å²) in [5.74, 6) is -0.0758. The number of halogens is 1. The second-order valence-electron chi connectivity index (χ2n) is 9.75. The molecule has 0 bridgehead atoms. The minimum atomic E-state index is -0.525.